The molecule has 1 amide bonds. The number of amides is 1. The minimum Gasteiger partial charge on any atom is -0.394 e. The second-order valence-corrected chi connectivity index (χ2v) is 6.35. The maximum absolute atomic E-state index is 12.3. The molecule has 2 fully saturated rings. The molecule has 3 rings (SSSR count). The van der Waals surface area contributed by atoms with Crippen molar-refractivity contribution in [3.8, 4) is 0 Å². The second-order valence-electron chi connectivity index (χ2n) is 6.35. The molecule has 0 bridgehead atoms. The minimum atomic E-state index is 0.134. The van der Waals surface area contributed by atoms with E-state index in [1.807, 2.05) is 22.9 Å². The summed E-state index contributed by atoms with van der Waals surface area (Å²) in [4.78, 5) is 26.8. The van der Waals surface area contributed by atoms with Crippen LogP contribution in [0.4, 0.5) is 11.6 Å². The van der Waals surface area contributed by atoms with Crippen LogP contribution in [0, 0.1) is 0 Å². The van der Waals surface area contributed by atoms with E-state index in [0.29, 0.717) is 6.54 Å². The molecule has 3 heterocycles. The Balaban J connectivity index is 1.67. The standard InChI is InChI=1S/C16H25N5O2/c1-19(10-16(23)20-6-2-3-7-20)14-9-15(18-12-17-14)21-8-4-5-13(21)11-22/h9,12-13,22H,2-8,10-11H2,1H3/t13-/m1/s1. The van der Waals surface area contributed by atoms with Gasteiger partial charge in [0.1, 0.15) is 18.0 Å². The molecule has 0 aromatic carbocycles. The van der Waals surface area contributed by atoms with Crippen LogP contribution >= 0.6 is 0 Å². The van der Waals surface area contributed by atoms with Crippen molar-refractivity contribution in [1.82, 2.24) is 14.9 Å². The molecule has 1 atom stereocenters. The van der Waals surface area contributed by atoms with Crippen LogP contribution in [0.2, 0.25) is 0 Å². The molecule has 2 aliphatic heterocycles. The Labute approximate surface area is 136 Å². The third kappa shape index (κ3) is 3.55. The molecule has 7 nitrogen and oxygen atoms in total. The smallest absolute Gasteiger partial charge is 0.242 e. The summed E-state index contributed by atoms with van der Waals surface area (Å²) in [7, 11) is 1.88. The molecule has 1 N–H and O–H groups in total. The lowest BCUT2D eigenvalue weighted by Crippen LogP contribution is -2.38. The maximum atomic E-state index is 12.3. The number of aliphatic hydroxyl groups is 1. The van der Waals surface area contributed by atoms with Crippen molar-refractivity contribution in [2.45, 2.75) is 31.7 Å². The fraction of sp³-hybridized carbons (Fsp3) is 0.688. The maximum Gasteiger partial charge on any atom is 0.242 e. The van der Waals surface area contributed by atoms with Crippen LogP contribution in [0.3, 0.4) is 0 Å². The summed E-state index contributed by atoms with van der Waals surface area (Å²) < 4.78 is 0. The van der Waals surface area contributed by atoms with Crippen molar-refractivity contribution < 1.29 is 9.90 Å². The van der Waals surface area contributed by atoms with E-state index in [4.69, 9.17) is 0 Å². The van der Waals surface area contributed by atoms with Gasteiger partial charge in [0.15, 0.2) is 0 Å². The van der Waals surface area contributed by atoms with E-state index in [1.165, 1.54) is 6.33 Å². The number of nitrogens with zero attached hydrogens (tertiary/aromatic N) is 5. The zero-order chi connectivity index (χ0) is 16.2. The highest BCUT2D eigenvalue weighted by atomic mass is 16.3. The zero-order valence-corrected chi connectivity index (χ0v) is 13.7. The van der Waals surface area contributed by atoms with Gasteiger partial charge in [-0.25, -0.2) is 9.97 Å². The normalized spacial score (nSPS) is 21.0. The highest BCUT2D eigenvalue weighted by Crippen LogP contribution is 2.25. The average Bonchev–Trinajstić information content (AvgIpc) is 3.26. The van der Waals surface area contributed by atoms with Gasteiger partial charge in [0, 0.05) is 32.7 Å². The van der Waals surface area contributed by atoms with Gasteiger partial charge in [0.05, 0.1) is 19.2 Å². The van der Waals surface area contributed by atoms with E-state index in [2.05, 4.69) is 14.9 Å². The highest BCUT2D eigenvalue weighted by Gasteiger charge is 2.26. The molecule has 1 aromatic heterocycles. The van der Waals surface area contributed by atoms with Crippen LogP contribution in [0.5, 0.6) is 0 Å². The van der Waals surface area contributed by atoms with Gasteiger partial charge in [-0.1, -0.05) is 0 Å². The molecule has 0 spiro atoms. The van der Waals surface area contributed by atoms with Crippen LogP contribution in [0.1, 0.15) is 25.7 Å². The van der Waals surface area contributed by atoms with Gasteiger partial charge in [0.25, 0.3) is 0 Å². The summed E-state index contributed by atoms with van der Waals surface area (Å²) in [5.74, 6) is 1.72. The van der Waals surface area contributed by atoms with Crippen molar-refractivity contribution >= 4 is 17.5 Å². The fourth-order valence-corrected chi connectivity index (χ4v) is 3.38. The van der Waals surface area contributed by atoms with Gasteiger partial charge in [0.2, 0.25) is 5.91 Å². The van der Waals surface area contributed by atoms with Gasteiger partial charge in [-0.15, -0.1) is 0 Å². The Kier molecular flexibility index (Phi) is 4.95. The summed E-state index contributed by atoms with van der Waals surface area (Å²) in [5, 5.41) is 9.47. The number of carbonyl (C=O) groups is 1. The van der Waals surface area contributed by atoms with Crippen LogP contribution in [0.15, 0.2) is 12.4 Å². The van der Waals surface area contributed by atoms with E-state index in [1.54, 1.807) is 0 Å². The summed E-state index contributed by atoms with van der Waals surface area (Å²) in [6, 6.07) is 2.04. The van der Waals surface area contributed by atoms with Gasteiger partial charge in [-0.3, -0.25) is 4.79 Å². The van der Waals surface area contributed by atoms with E-state index in [-0.39, 0.29) is 18.6 Å². The zero-order valence-electron chi connectivity index (χ0n) is 13.7. The molecule has 7 heteroatoms. The molecule has 0 aliphatic carbocycles. The van der Waals surface area contributed by atoms with Crippen LogP contribution in [-0.2, 0) is 4.79 Å². The molecule has 0 unspecified atom stereocenters. The molecular formula is C16H25N5O2. The number of likely N-dealkylation sites (N-methyl/N-ethyl adjacent to an activating group) is 1. The average molecular weight is 319 g/mol. The monoisotopic (exact) mass is 319 g/mol. The van der Waals surface area contributed by atoms with Gasteiger partial charge in [-0.05, 0) is 25.7 Å². The first-order valence-electron chi connectivity index (χ1n) is 8.37. The Bertz CT molecular complexity index is 547. The lowest BCUT2D eigenvalue weighted by atomic mass is 10.2. The topological polar surface area (TPSA) is 72.8 Å². The number of likely N-dealkylation sites (tertiary alicyclic amines) is 1. The van der Waals surface area contributed by atoms with Crippen molar-refractivity contribution in [3.63, 3.8) is 0 Å². The van der Waals surface area contributed by atoms with Crippen LogP contribution < -0.4 is 9.80 Å². The first-order chi connectivity index (χ1) is 11.2. The number of hydrogen-bond donors (Lipinski definition) is 1. The van der Waals surface area contributed by atoms with Gasteiger partial charge < -0.3 is 19.8 Å². The number of carbonyl (C=O) groups excluding carboxylic acids is 1. The summed E-state index contributed by atoms with van der Waals surface area (Å²) in [6.45, 7) is 3.11. The summed E-state index contributed by atoms with van der Waals surface area (Å²) in [5.41, 5.74) is 0. The lowest BCUT2D eigenvalue weighted by molar-refractivity contribution is -0.128. The Hall–Kier alpha value is -1.89. The van der Waals surface area contributed by atoms with Crippen molar-refractivity contribution in [2.24, 2.45) is 0 Å². The third-order valence-electron chi connectivity index (χ3n) is 4.74. The first kappa shape index (κ1) is 16.0. The third-order valence-corrected chi connectivity index (χ3v) is 4.74. The lowest BCUT2D eigenvalue weighted by Gasteiger charge is -2.26. The minimum absolute atomic E-state index is 0.134. The number of rotatable bonds is 5. The van der Waals surface area contributed by atoms with E-state index < -0.39 is 0 Å². The molecule has 2 aliphatic rings. The van der Waals surface area contributed by atoms with E-state index in [0.717, 1.165) is 57.0 Å². The van der Waals surface area contributed by atoms with E-state index in [9.17, 15) is 9.90 Å². The predicted octanol–water partition coefficient (Wildman–Crippen LogP) is 0.496. The first-order valence-corrected chi connectivity index (χ1v) is 8.37. The highest BCUT2D eigenvalue weighted by molar-refractivity contribution is 5.81. The quantitative estimate of drug-likeness (QED) is 0.852. The molecule has 0 radical (unpaired) electrons. The van der Waals surface area contributed by atoms with E-state index >= 15 is 0 Å². The molecule has 2 saturated heterocycles. The molecule has 23 heavy (non-hydrogen) atoms. The van der Waals surface area contributed by atoms with Crippen molar-refractivity contribution in [2.75, 3.05) is 49.6 Å². The number of aliphatic hydroxyl groups excluding tert-OH is 1. The number of hydrogen-bond acceptors (Lipinski definition) is 6. The molecule has 0 saturated carbocycles. The fourth-order valence-electron chi connectivity index (χ4n) is 3.38. The second kappa shape index (κ2) is 7.12. The largest absolute Gasteiger partial charge is 0.394 e. The van der Waals surface area contributed by atoms with Crippen molar-refractivity contribution in [3.05, 3.63) is 12.4 Å². The summed E-state index contributed by atoms with van der Waals surface area (Å²) in [6.07, 6.45) is 5.79. The number of aromatic nitrogens is 2. The van der Waals surface area contributed by atoms with Gasteiger partial charge in [-0.2, -0.15) is 0 Å². The Morgan fingerprint density at radius 3 is 2.83 bits per heavy atom. The Morgan fingerprint density at radius 1 is 1.30 bits per heavy atom. The van der Waals surface area contributed by atoms with Crippen LogP contribution in [-0.4, -0.2) is 71.8 Å². The Morgan fingerprint density at radius 2 is 2.09 bits per heavy atom. The predicted molar refractivity (Wildman–Crippen MR) is 88.6 cm³/mol. The van der Waals surface area contributed by atoms with Gasteiger partial charge >= 0.3 is 0 Å². The van der Waals surface area contributed by atoms with Crippen molar-refractivity contribution in [1.29, 1.82) is 0 Å². The summed E-state index contributed by atoms with van der Waals surface area (Å²) >= 11 is 0. The SMILES string of the molecule is CN(CC(=O)N1CCCC1)c1cc(N2CCC[C@@H]2CO)ncn1. The molecule has 1 aromatic rings. The number of anilines is 2. The molecular weight excluding hydrogens is 294 g/mol. The van der Waals surface area contributed by atoms with Crippen LogP contribution in [0.25, 0.3) is 0 Å². The molecule has 126 valence electrons.